The lowest BCUT2D eigenvalue weighted by Gasteiger charge is -2.14. The van der Waals surface area contributed by atoms with Crippen molar-refractivity contribution in [2.75, 3.05) is 0 Å². The van der Waals surface area contributed by atoms with E-state index in [2.05, 4.69) is 187 Å². The normalized spacial score (nSPS) is 11.7. The minimum atomic E-state index is 0.621. The third-order valence-electron chi connectivity index (χ3n) is 11.7. The molecule has 12 rings (SSSR count). The van der Waals surface area contributed by atoms with Crippen LogP contribution in [0.25, 0.3) is 115 Å². The first-order chi connectivity index (χ1) is 29.7. The van der Waals surface area contributed by atoms with Crippen molar-refractivity contribution in [1.29, 1.82) is 0 Å². The van der Waals surface area contributed by atoms with E-state index in [4.69, 9.17) is 15.0 Å². The molecule has 0 spiro atoms. The molecule has 0 radical (unpaired) electrons. The summed E-state index contributed by atoms with van der Waals surface area (Å²) < 4.78 is 5.02. The number of benzene rings is 9. The highest BCUT2D eigenvalue weighted by Crippen LogP contribution is 2.46. The number of aromatic nitrogens is 4. The van der Waals surface area contributed by atoms with Gasteiger partial charge in [0.15, 0.2) is 17.5 Å². The highest BCUT2D eigenvalue weighted by Gasteiger charge is 2.20. The van der Waals surface area contributed by atoms with Crippen LogP contribution in [-0.4, -0.2) is 19.5 Å². The molecule has 60 heavy (non-hydrogen) atoms. The summed E-state index contributed by atoms with van der Waals surface area (Å²) >= 11 is 1.88. The van der Waals surface area contributed by atoms with Gasteiger partial charge >= 0.3 is 0 Å². The third-order valence-corrected chi connectivity index (χ3v) is 12.9. The molecule has 9 aromatic carbocycles. The molecule has 3 aromatic heterocycles. The molecule has 0 N–H and O–H groups in total. The molecule has 0 fully saturated rings. The topological polar surface area (TPSA) is 43.6 Å². The Labute approximate surface area is 350 Å². The van der Waals surface area contributed by atoms with Crippen molar-refractivity contribution in [3.05, 3.63) is 206 Å². The minimum absolute atomic E-state index is 0.621. The van der Waals surface area contributed by atoms with Gasteiger partial charge in [-0.2, -0.15) is 0 Å². The Morgan fingerprint density at radius 1 is 0.367 bits per heavy atom. The zero-order chi connectivity index (χ0) is 39.6. The summed E-state index contributed by atoms with van der Waals surface area (Å²) in [5.41, 5.74) is 10.9. The Kier molecular flexibility index (Phi) is 8.00. The van der Waals surface area contributed by atoms with Gasteiger partial charge in [-0.3, -0.25) is 0 Å². The molecule has 280 valence electrons. The molecule has 0 atom stereocenters. The van der Waals surface area contributed by atoms with E-state index >= 15 is 0 Å². The van der Waals surface area contributed by atoms with Gasteiger partial charge in [-0.15, -0.1) is 11.3 Å². The van der Waals surface area contributed by atoms with Gasteiger partial charge < -0.3 is 4.57 Å². The second-order valence-electron chi connectivity index (χ2n) is 15.2. The Balaban J connectivity index is 1.05. The largest absolute Gasteiger partial charge is 0.309 e. The van der Waals surface area contributed by atoms with E-state index in [9.17, 15) is 0 Å². The zero-order valence-corrected chi connectivity index (χ0v) is 33.1. The van der Waals surface area contributed by atoms with Crippen LogP contribution in [0.4, 0.5) is 0 Å². The number of hydrogen-bond donors (Lipinski definition) is 0. The molecule has 0 amide bonds. The summed E-state index contributed by atoms with van der Waals surface area (Å²) in [6.45, 7) is 0. The molecular weight excluding hydrogens is 749 g/mol. The number of rotatable bonds is 6. The highest BCUT2D eigenvalue weighted by atomic mass is 32.1. The van der Waals surface area contributed by atoms with Crippen molar-refractivity contribution in [3.63, 3.8) is 0 Å². The number of nitrogens with zero attached hydrogens (tertiary/aromatic N) is 4. The Morgan fingerprint density at radius 3 is 1.70 bits per heavy atom. The van der Waals surface area contributed by atoms with Gasteiger partial charge in [0.05, 0.1) is 11.0 Å². The van der Waals surface area contributed by atoms with Crippen LogP contribution in [0.1, 0.15) is 0 Å². The molecule has 0 aliphatic carbocycles. The lowest BCUT2D eigenvalue weighted by molar-refractivity contribution is 1.07. The lowest BCUT2D eigenvalue weighted by Crippen LogP contribution is -2.01. The van der Waals surface area contributed by atoms with Crippen molar-refractivity contribution < 1.29 is 0 Å². The van der Waals surface area contributed by atoms with Crippen molar-refractivity contribution in [2.45, 2.75) is 0 Å². The smallest absolute Gasteiger partial charge is 0.164 e. The first-order valence-corrected chi connectivity index (χ1v) is 21.0. The van der Waals surface area contributed by atoms with Crippen molar-refractivity contribution in [2.24, 2.45) is 0 Å². The Hall–Kier alpha value is -7.73. The third kappa shape index (κ3) is 5.63. The van der Waals surface area contributed by atoms with E-state index in [1.165, 1.54) is 63.9 Å². The van der Waals surface area contributed by atoms with Gasteiger partial charge in [-0.05, 0) is 46.2 Å². The second-order valence-corrected chi connectivity index (χ2v) is 16.2. The van der Waals surface area contributed by atoms with Crippen molar-refractivity contribution in [1.82, 2.24) is 19.5 Å². The summed E-state index contributed by atoms with van der Waals surface area (Å²) in [4.78, 5) is 15.3. The molecule has 4 nitrogen and oxygen atoms in total. The van der Waals surface area contributed by atoms with Gasteiger partial charge in [0.1, 0.15) is 0 Å². The van der Waals surface area contributed by atoms with Crippen LogP contribution in [-0.2, 0) is 0 Å². The number of thiophene rings is 1. The Morgan fingerprint density at radius 2 is 0.917 bits per heavy atom. The summed E-state index contributed by atoms with van der Waals surface area (Å²) in [7, 11) is 0. The maximum atomic E-state index is 5.16. The average Bonchev–Trinajstić information content (AvgIpc) is 3.89. The van der Waals surface area contributed by atoms with Gasteiger partial charge in [0, 0.05) is 64.4 Å². The van der Waals surface area contributed by atoms with E-state index in [1.54, 1.807) is 0 Å². The van der Waals surface area contributed by atoms with Crippen molar-refractivity contribution >= 4 is 64.1 Å². The van der Waals surface area contributed by atoms with Crippen molar-refractivity contribution in [3.8, 4) is 62.1 Å². The number of hydrogen-bond acceptors (Lipinski definition) is 4. The summed E-state index contributed by atoms with van der Waals surface area (Å²) in [6.07, 6.45) is 0. The predicted molar refractivity (Wildman–Crippen MR) is 252 cm³/mol. The van der Waals surface area contributed by atoms with Gasteiger partial charge in [0.2, 0.25) is 0 Å². The van der Waals surface area contributed by atoms with E-state index in [-0.39, 0.29) is 0 Å². The quantitative estimate of drug-likeness (QED) is 0.169. The molecule has 0 saturated heterocycles. The summed E-state index contributed by atoms with van der Waals surface area (Å²) in [5.74, 6) is 1.89. The van der Waals surface area contributed by atoms with E-state index in [1.807, 2.05) is 35.6 Å². The summed E-state index contributed by atoms with van der Waals surface area (Å²) in [6, 6.07) is 73.2. The fourth-order valence-corrected chi connectivity index (χ4v) is 10.1. The van der Waals surface area contributed by atoms with Crippen LogP contribution >= 0.6 is 11.3 Å². The maximum Gasteiger partial charge on any atom is 0.164 e. The Bertz CT molecular complexity index is 3590. The molecule has 3 heterocycles. The summed E-state index contributed by atoms with van der Waals surface area (Å²) in [5, 5.41) is 7.60. The fourth-order valence-electron chi connectivity index (χ4n) is 8.86. The van der Waals surface area contributed by atoms with Crippen LogP contribution in [0.15, 0.2) is 206 Å². The van der Waals surface area contributed by atoms with E-state index in [0.717, 1.165) is 33.5 Å². The van der Waals surface area contributed by atoms with Gasteiger partial charge in [-0.1, -0.05) is 182 Å². The first-order valence-electron chi connectivity index (χ1n) is 20.2. The minimum Gasteiger partial charge on any atom is -0.309 e. The molecule has 0 aliphatic rings. The van der Waals surface area contributed by atoms with Crippen LogP contribution in [0.5, 0.6) is 0 Å². The molecular formula is C55H34N4S. The van der Waals surface area contributed by atoms with E-state index in [0.29, 0.717) is 17.5 Å². The molecule has 0 aliphatic heterocycles. The highest BCUT2D eigenvalue weighted by molar-refractivity contribution is 7.26. The average molecular weight is 783 g/mol. The molecule has 0 saturated carbocycles. The zero-order valence-electron chi connectivity index (χ0n) is 32.3. The predicted octanol–water partition coefficient (Wildman–Crippen LogP) is 14.8. The maximum absolute atomic E-state index is 5.16. The SMILES string of the molecule is c1ccc(-c2ccc(-c3nc(-c4ccccc4)nc(-c4cccc(-n5c6ccccc6c6cccc(-c7cccc8c7sc7ccc9ccccc9c78)c65)c4)n3)cc2)cc1. The van der Waals surface area contributed by atoms with Crippen LogP contribution in [0.3, 0.4) is 0 Å². The first kappa shape index (κ1) is 34.3. The molecule has 0 bridgehead atoms. The molecule has 0 unspecified atom stereocenters. The van der Waals surface area contributed by atoms with E-state index < -0.39 is 0 Å². The lowest BCUT2D eigenvalue weighted by atomic mass is 9.98. The van der Waals surface area contributed by atoms with Crippen LogP contribution < -0.4 is 0 Å². The second kappa shape index (κ2) is 14.0. The standard InChI is InChI=1S/C55H34N4S/c1-3-14-35(15-4-1)36-28-30-39(31-29-36)54-56-53(38-17-5-2-6-18-38)57-55(58-54)40-19-11-20-41(34-40)59-48-27-10-9-22-43(48)44-23-12-24-45(51(44)59)46-25-13-26-47-50-42-21-8-7-16-37(42)32-33-49(50)60-52(46)47/h1-34H. The number of para-hydroxylation sites is 2. The van der Waals surface area contributed by atoms with Crippen LogP contribution in [0, 0.1) is 0 Å². The van der Waals surface area contributed by atoms with Gasteiger partial charge in [0.25, 0.3) is 0 Å². The van der Waals surface area contributed by atoms with Gasteiger partial charge in [-0.25, -0.2) is 15.0 Å². The fraction of sp³-hybridized carbons (Fsp3) is 0. The number of fused-ring (bicyclic) bond motifs is 8. The molecule has 12 aromatic rings. The molecule has 5 heteroatoms. The van der Waals surface area contributed by atoms with Crippen LogP contribution in [0.2, 0.25) is 0 Å². The monoisotopic (exact) mass is 782 g/mol.